The Labute approximate surface area is 93.9 Å². The number of carbonyl (C=O) groups is 2. The van der Waals surface area contributed by atoms with Crippen LogP contribution in [0.1, 0.15) is 35.2 Å². The molecular weight excluding hydrogens is 208 g/mol. The van der Waals surface area contributed by atoms with E-state index in [1.807, 2.05) is 6.92 Å². The van der Waals surface area contributed by atoms with Gasteiger partial charge in [-0.25, -0.2) is 0 Å². The van der Waals surface area contributed by atoms with Crippen molar-refractivity contribution in [2.24, 2.45) is 0 Å². The second-order valence-corrected chi connectivity index (χ2v) is 3.57. The third-order valence-electron chi connectivity index (χ3n) is 2.49. The molecule has 0 saturated heterocycles. The Morgan fingerprint density at radius 2 is 2.12 bits per heavy atom. The summed E-state index contributed by atoms with van der Waals surface area (Å²) in [4.78, 5) is 21.3. The summed E-state index contributed by atoms with van der Waals surface area (Å²) in [5.41, 5.74) is 1.09. The molecule has 0 saturated carbocycles. The molecule has 0 aliphatic heterocycles. The van der Waals surface area contributed by atoms with Crippen molar-refractivity contribution in [1.29, 1.82) is 0 Å². The number of hydrogen-bond acceptors (Lipinski definition) is 4. The minimum absolute atomic E-state index is 0.0270. The zero-order valence-corrected chi connectivity index (χ0v) is 9.27. The molecule has 1 atom stereocenters. The van der Waals surface area contributed by atoms with E-state index in [0.717, 1.165) is 6.29 Å². The highest BCUT2D eigenvalue weighted by Gasteiger charge is 2.14. The molecule has 0 radical (unpaired) electrons. The molecule has 0 aliphatic rings. The van der Waals surface area contributed by atoms with Crippen LogP contribution in [0.4, 0.5) is 0 Å². The first-order valence-electron chi connectivity index (χ1n) is 4.93. The quantitative estimate of drug-likeness (QED) is 0.773. The molecule has 1 aromatic rings. The Morgan fingerprint density at radius 3 is 2.62 bits per heavy atom. The molecule has 4 nitrogen and oxygen atoms in total. The lowest BCUT2D eigenvalue weighted by Crippen LogP contribution is -2.00. The number of hydrogen-bond donors (Lipinski definition) is 1. The lowest BCUT2D eigenvalue weighted by atomic mass is 9.93. The number of phenols is 1. The molecule has 16 heavy (non-hydrogen) atoms. The van der Waals surface area contributed by atoms with Gasteiger partial charge in [-0.3, -0.25) is 4.79 Å². The van der Waals surface area contributed by atoms with E-state index in [4.69, 9.17) is 4.74 Å². The van der Waals surface area contributed by atoms with Gasteiger partial charge in [-0.15, -0.1) is 0 Å². The van der Waals surface area contributed by atoms with Crippen molar-refractivity contribution in [3.63, 3.8) is 0 Å². The summed E-state index contributed by atoms with van der Waals surface area (Å²) in [6.07, 6.45) is 1.80. The van der Waals surface area contributed by atoms with Gasteiger partial charge < -0.3 is 14.6 Å². The van der Waals surface area contributed by atoms with Crippen LogP contribution in [0.3, 0.4) is 0 Å². The molecule has 0 amide bonds. The van der Waals surface area contributed by atoms with Gasteiger partial charge in [0.2, 0.25) is 0 Å². The molecule has 0 aromatic heterocycles. The van der Waals surface area contributed by atoms with E-state index in [0.29, 0.717) is 23.8 Å². The normalized spacial score (nSPS) is 11.9. The number of ether oxygens (including phenoxy) is 1. The van der Waals surface area contributed by atoms with Crippen molar-refractivity contribution in [1.82, 2.24) is 0 Å². The topological polar surface area (TPSA) is 63.6 Å². The average Bonchev–Trinajstić information content (AvgIpc) is 2.29. The number of phenolic OH excluding ortho intramolecular Hbond substituents is 1. The summed E-state index contributed by atoms with van der Waals surface area (Å²) in [5.74, 6) is 0.125. The summed E-state index contributed by atoms with van der Waals surface area (Å²) < 4.78 is 4.90. The van der Waals surface area contributed by atoms with Gasteiger partial charge in [0.05, 0.1) is 7.11 Å². The highest BCUT2D eigenvalue weighted by Crippen LogP contribution is 2.33. The Hall–Kier alpha value is -1.84. The van der Waals surface area contributed by atoms with Gasteiger partial charge in [-0.05, 0) is 23.6 Å². The van der Waals surface area contributed by atoms with Gasteiger partial charge in [-0.1, -0.05) is 6.92 Å². The fourth-order valence-electron chi connectivity index (χ4n) is 1.56. The van der Waals surface area contributed by atoms with E-state index < -0.39 is 0 Å². The van der Waals surface area contributed by atoms with Crippen molar-refractivity contribution in [2.75, 3.05) is 7.11 Å². The van der Waals surface area contributed by atoms with Crippen molar-refractivity contribution in [3.05, 3.63) is 23.3 Å². The van der Waals surface area contributed by atoms with E-state index in [2.05, 4.69) is 0 Å². The molecule has 86 valence electrons. The maximum absolute atomic E-state index is 10.9. The Kier molecular flexibility index (Phi) is 4.05. The van der Waals surface area contributed by atoms with Crippen LogP contribution < -0.4 is 4.74 Å². The summed E-state index contributed by atoms with van der Waals surface area (Å²) in [6.45, 7) is 1.82. The van der Waals surface area contributed by atoms with Crippen LogP contribution in [-0.4, -0.2) is 24.8 Å². The lowest BCUT2D eigenvalue weighted by Gasteiger charge is -2.13. The van der Waals surface area contributed by atoms with Crippen LogP contribution >= 0.6 is 0 Å². The van der Waals surface area contributed by atoms with Crippen LogP contribution in [0.2, 0.25) is 0 Å². The van der Waals surface area contributed by atoms with E-state index in [9.17, 15) is 14.7 Å². The molecule has 1 N–H and O–H groups in total. The van der Waals surface area contributed by atoms with Gasteiger partial charge in [0.1, 0.15) is 12.6 Å². The molecule has 1 aromatic carbocycles. The van der Waals surface area contributed by atoms with Crippen molar-refractivity contribution < 1.29 is 19.4 Å². The van der Waals surface area contributed by atoms with Gasteiger partial charge in [0.15, 0.2) is 11.5 Å². The molecular formula is C12H14O4. The zero-order chi connectivity index (χ0) is 12.1. The smallest absolute Gasteiger partial charge is 0.161 e. The second kappa shape index (κ2) is 5.30. The van der Waals surface area contributed by atoms with Crippen LogP contribution in [0.5, 0.6) is 11.5 Å². The maximum Gasteiger partial charge on any atom is 0.161 e. The van der Waals surface area contributed by atoms with E-state index in [1.165, 1.54) is 19.2 Å². The third-order valence-corrected chi connectivity index (χ3v) is 2.49. The zero-order valence-electron chi connectivity index (χ0n) is 9.27. The monoisotopic (exact) mass is 222 g/mol. The molecule has 1 rings (SSSR count). The minimum atomic E-state index is -0.102. The first-order valence-corrected chi connectivity index (χ1v) is 4.93. The van der Waals surface area contributed by atoms with Crippen LogP contribution in [0.15, 0.2) is 12.1 Å². The molecule has 0 aliphatic carbocycles. The summed E-state index contributed by atoms with van der Waals surface area (Å²) >= 11 is 0. The van der Waals surface area contributed by atoms with E-state index in [-0.39, 0.29) is 17.4 Å². The molecule has 0 heterocycles. The molecule has 1 unspecified atom stereocenters. The average molecular weight is 222 g/mol. The van der Waals surface area contributed by atoms with Crippen LogP contribution in [0, 0.1) is 0 Å². The summed E-state index contributed by atoms with van der Waals surface area (Å²) in [6, 6.07) is 2.94. The van der Waals surface area contributed by atoms with Gasteiger partial charge >= 0.3 is 0 Å². The highest BCUT2D eigenvalue weighted by atomic mass is 16.5. The largest absolute Gasteiger partial charge is 0.504 e. The third kappa shape index (κ3) is 2.39. The number of carbonyl (C=O) groups excluding carboxylic acids is 2. The number of methoxy groups -OCH3 is 1. The number of aldehydes is 2. The van der Waals surface area contributed by atoms with Crippen LogP contribution in [-0.2, 0) is 4.79 Å². The van der Waals surface area contributed by atoms with Crippen molar-refractivity contribution >= 4 is 12.6 Å². The molecule has 0 spiro atoms. The first kappa shape index (κ1) is 12.2. The maximum atomic E-state index is 10.9. The molecule has 0 fully saturated rings. The molecule has 4 heteroatoms. The fraction of sp³-hybridized carbons (Fsp3) is 0.333. The van der Waals surface area contributed by atoms with Crippen LogP contribution in [0.25, 0.3) is 0 Å². The minimum Gasteiger partial charge on any atom is -0.504 e. The Morgan fingerprint density at radius 1 is 1.44 bits per heavy atom. The highest BCUT2D eigenvalue weighted by molar-refractivity contribution is 5.79. The van der Waals surface area contributed by atoms with E-state index >= 15 is 0 Å². The lowest BCUT2D eigenvalue weighted by molar-refractivity contribution is -0.108. The predicted molar refractivity (Wildman–Crippen MR) is 59.1 cm³/mol. The number of aromatic hydroxyl groups is 1. The van der Waals surface area contributed by atoms with Crippen molar-refractivity contribution in [2.45, 2.75) is 19.3 Å². The van der Waals surface area contributed by atoms with E-state index in [1.54, 1.807) is 0 Å². The van der Waals surface area contributed by atoms with Gasteiger partial charge in [0.25, 0.3) is 0 Å². The standard InChI is InChI=1S/C12H14O4/c1-8(3-4-13)10-6-11(15)12(16-2)5-9(10)7-14/h4-8,15H,3H2,1-2H3. The number of benzene rings is 1. The first-order chi connectivity index (χ1) is 7.63. The predicted octanol–water partition coefficient (Wildman–Crippen LogP) is 1.91. The van der Waals surface area contributed by atoms with Gasteiger partial charge in [0, 0.05) is 12.0 Å². The Bertz CT molecular complexity index is 398. The van der Waals surface area contributed by atoms with Gasteiger partial charge in [-0.2, -0.15) is 0 Å². The summed E-state index contributed by atoms with van der Waals surface area (Å²) in [5, 5.41) is 9.60. The summed E-state index contributed by atoms with van der Waals surface area (Å²) in [7, 11) is 1.41. The van der Waals surface area contributed by atoms with Crippen molar-refractivity contribution in [3.8, 4) is 11.5 Å². The molecule has 0 bridgehead atoms. The Balaban J connectivity index is 3.22. The SMILES string of the molecule is COc1cc(C=O)c(C(C)CC=O)cc1O. The number of rotatable bonds is 5. The fourth-order valence-corrected chi connectivity index (χ4v) is 1.56. The second-order valence-electron chi connectivity index (χ2n) is 3.57.